The van der Waals surface area contributed by atoms with Crippen molar-refractivity contribution in [1.29, 1.82) is 0 Å². The fourth-order valence-electron chi connectivity index (χ4n) is 2.07. The zero-order chi connectivity index (χ0) is 11.3. The van der Waals surface area contributed by atoms with E-state index in [0.717, 1.165) is 18.5 Å². The number of hydrogen-bond acceptors (Lipinski definition) is 3. The SMILES string of the molecule is CCC(CC)C(NN)c1cccnc1C. The number of aryl methyl sites for hydroxylation is 1. The van der Waals surface area contributed by atoms with Gasteiger partial charge in [0.2, 0.25) is 0 Å². The van der Waals surface area contributed by atoms with Crippen LogP contribution in [-0.4, -0.2) is 4.98 Å². The van der Waals surface area contributed by atoms with E-state index in [9.17, 15) is 0 Å². The quantitative estimate of drug-likeness (QED) is 0.575. The van der Waals surface area contributed by atoms with Gasteiger partial charge in [-0.25, -0.2) is 0 Å². The molecule has 15 heavy (non-hydrogen) atoms. The van der Waals surface area contributed by atoms with Crippen LogP contribution in [0, 0.1) is 12.8 Å². The Morgan fingerprint density at radius 1 is 1.40 bits per heavy atom. The van der Waals surface area contributed by atoms with Crippen LogP contribution in [0.15, 0.2) is 18.3 Å². The molecule has 0 saturated carbocycles. The van der Waals surface area contributed by atoms with E-state index in [2.05, 4.69) is 30.3 Å². The third kappa shape index (κ3) is 2.76. The van der Waals surface area contributed by atoms with E-state index in [4.69, 9.17) is 5.84 Å². The molecule has 0 aliphatic carbocycles. The van der Waals surface area contributed by atoms with Crippen molar-refractivity contribution >= 4 is 0 Å². The van der Waals surface area contributed by atoms with Crippen molar-refractivity contribution < 1.29 is 0 Å². The molecule has 1 aromatic rings. The molecule has 1 unspecified atom stereocenters. The van der Waals surface area contributed by atoms with Crippen molar-refractivity contribution in [2.75, 3.05) is 0 Å². The van der Waals surface area contributed by atoms with Gasteiger partial charge in [-0.1, -0.05) is 32.8 Å². The summed E-state index contributed by atoms with van der Waals surface area (Å²) in [4.78, 5) is 4.30. The second-order valence-corrected chi connectivity index (χ2v) is 3.90. The summed E-state index contributed by atoms with van der Waals surface area (Å²) < 4.78 is 0. The van der Waals surface area contributed by atoms with Crippen LogP contribution in [0.4, 0.5) is 0 Å². The molecular weight excluding hydrogens is 186 g/mol. The smallest absolute Gasteiger partial charge is 0.0505 e. The van der Waals surface area contributed by atoms with Crippen LogP contribution in [0.1, 0.15) is 44.0 Å². The van der Waals surface area contributed by atoms with Gasteiger partial charge in [0, 0.05) is 11.9 Å². The molecule has 3 N–H and O–H groups in total. The standard InChI is InChI=1S/C12H21N3/c1-4-10(5-2)12(15-13)11-7-6-8-14-9(11)3/h6-8,10,12,15H,4-5,13H2,1-3H3. The van der Waals surface area contributed by atoms with E-state index in [1.807, 2.05) is 19.2 Å². The Morgan fingerprint density at radius 3 is 2.53 bits per heavy atom. The third-order valence-electron chi connectivity index (χ3n) is 3.08. The number of pyridine rings is 1. The predicted molar refractivity (Wildman–Crippen MR) is 63.1 cm³/mol. The van der Waals surface area contributed by atoms with Crippen molar-refractivity contribution in [3.05, 3.63) is 29.6 Å². The lowest BCUT2D eigenvalue weighted by Gasteiger charge is -2.25. The molecular formula is C12H21N3. The Morgan fingerprint density at radius 2 is 2.07 bits per heavy atom. The summed E-state index contributed by atoms with van der Waals surface area (Å²) >= 11 is 0. The molecule has 84 valence electrons. The van der Waals surface area contributed by atoms with Gasteiger partial charge in [-0.2, -0.15) is 0 Å². The highest BCUT2D eigenvalue weighted by Crippen LogP contribution is 2.27. The fourth-order valence-corrected chi connectivity index (χ4v) is 2.07. The highest BCUT2D eigenvalue weighted by atomic mass is 15.2. The maximum atomic E-state index is 5.65. The van der Waals surface area contributed by atoms with Crippen LogP contribution >= 0.6 is 0 Å². The van der Waals surface area contributed by atoms with Crippen LogP contribution in [-0.2, 0) is 0 Å². The summed E-state index contributed by atoms with van der Waals surface area (Å²) in [5.41, 5.74) is 5.20. The molecule has 1 atom stereocenters. The average Bonchev–Trinajstić information content (AvgIpc) is 2.27. The van der Waals surface area contributed by atoms with Gasteiger partial charge in [-0.05, 0) is 24.5 Å². The van der Waals surface area contributed by atoms with Gasteiger partial charge >= 0.3 is 0 Å². The lowest BCUT2D eigenvalue weighted by atomic mass is 9.89. The molecule has 0 aliphatic heterocycles. The average molecular weight is 207 g/mol. The van der Waals surface area contributed by atoms with Crippen LogP contribution in [0.25, 0.3) is 0 Å². The normalized spacial score (nSPS) is 13.1. The molecule has 1 rings (SSSR count). The van der Waals surface area contributed by atoms with Crippen LogP contribution in [0.3, 0.4) is 0 Å². The maximum absolute atomic E-state index is 5.65. The number of nitrogens with zero attached hydrogens (tertiary/aromatic N) is 1. The molecule has 1 heterocycles. The lowest BCUT2D eigenvalue weighted by Crippen LogP contribution is -2.33. The molecule has 1 aromatic heterocycles. The molecule has 3 heteroatoms. The highest BCUT2D eigenvalue weighted by molar-refractivity contribution is 5.23. The van der Waals surface area contributed by atoms with Crippen LogP contribution in [0.5, 0.6) is 0 Å². The first-order valence-electron chi connectivity index (χ1n) is 5.62. The number of nitrogens with two attached hydrogens (primary N) is 1. The van der Waals surface area contributed by atoms with Gasteiger partial charge in [0.15, 0.2) is 0 Å². The second-order valence-electron chi connectivity index (χ2n) is 3.90. The summed E-state index contributed by atoms with van der Waals surface area (Å²) in [6, 6.07) is 4.29. The first kappa shape index (κ1) is 12.1. The lowest BCUT2D eigenvalue weighted by molar-refractivity contribution is 0.343. The van der Waals surface area contributed by atoms with Crippen LogP contribution in [0.2, 0.25) is 0 Å². The first-order chi connectivity index (χ1) is 7.24. The van der Waals surface area contributed by atoms with E-state index in [-0.39, 0.29) is 6.04 Å². The van der Waals surface area contributed by atoms with Crippen molar-refractivity contribution in [3.8, 4) is 0 Å². The minimum atomic E-state index is 0.216. The monoisotopic (exact) mass is 207 g/mol. The Bertz CT molecular complexity index is 295. The third-order valence-corrected chi connectivity index (χ3v) is 3.08. The fraction of sp³-hybridized carbons (Fsp3) is 0.583. The largest absolute Gasteiger partial charge is 0.271 e. The molecule has 0 saturated heterocycles. The summed E-state index contributed by atoms with van der Waals surface area (Å²) in [6.07, 6.45) is 4.07. The molecule has 0 spiro atoms. The summed E-state index contributed by atoms with van der Waals surface area (Å²) in [7, 11) is 0. The number of nitrogens with one attached hydrogen (secondary N) is 1. The summed E-state index contributed by atoms with van der Waals surface area (Å²) in [5.74, 6) is 6.22. The van der Waals surface area contributed by atoms with Gasteiger partial charge in [-0.3, -0.25) is 16.3 Å². The van der Waals surface area contributed by atoms with Crippen LogP contribution < -0.4 is 11.3 Å². The van der Waals surface area contributed by atoms with E-state index in [0.29, 0.717) is 5.92 Å². The number of rotatable bonds is 5. The first-order valence-corrected chi connectivity index (χ1v) is 5.62. The van der Waals surface area contributed by atoms with Crippen molar-refractivity contribution in [1.82, 2.24) is 10.4 Å². The van der Waals surface area contributed by atoms with Crippen molar-refractivity contribution in [2.45, 2.75) is 39.7 Å². The van der Waals surface area contributed by atoms with E-state index in [1.165, 1.54) is 5.56 Å². The van der Waals surface area contributed by atoms with Crippen molar-refractivity contribution in [2.24, 2.45) is 11.8 Å². The topological polar surface area (TPSA) is 50.9 Å². The van der Waals surface area contributed by atoms with E-state index >= 15 is 0 Å². The predicted octanol–water partition coefficient (Wildman–Crippen LogP) is 2.33. The van der Waals surface area contributed by atoms with E-state index in [1.54, 1.807) is 0 Å². The maximum Gasteiger partial charge on any atom is 0.0505 e. The molecule has 0 aromatic carbocycles. The summed E-state index contributed by atoms with van der Waals surface area (Å²) in [5, 5.41) is 0. The molecule has 0 aliphatic rings. The zero-order valence-corrected chi connectivity index (χ0v) is 9.83. The number of hydrogen-bond donors (Lipinski definition) is 2. The molecule has 0 fully saturated rings. The molecule has 0 amide bonds. The minimum absolute atomic E-state index is 0.216. The van der Waals surface area contributed by atoms with E-state index < -0.39 is 0 Å². The Hall–Kier alpha value is -0.930. The number of aromatic nitrogens is 1. The molecule has 0 bridgehead atoms. The molecule has 0 radical (unpaired) electrons. The van der Waals surface area contributed by atoms with Gasteiger partial charge in [0.1, 0.15) is 0 Å². The number of hydrazine groups is 1. The second kappa shape index (κ2) is 5.83. The Labute approximate surface area is 92.1 Å². The van der Waals surface area contributed by atoms with Gasteiger partial charge in [0.25, 0.3) is 0 Å². The van der Waals surface area contributed by atoms with Gasteiger partial charge in [-0.15, -0.1) is 0 Å². The molecule has 3 nitrogen and oxygen atoms in total. The summed E-state index contributed by atoms with van der Waals surface area (Å²) in [6.45, 7) is 6.43. The van der Waals surface area contributed by atoms with Crippen molar-refractivity contribution in [3.63, 3.8) is 0 Å². The Kier molecular flexibility index (Phi) is 4.72. The van der Waals surface area contributed by atoms with Gasteiger partial charge < -0.3 is 0 Å². The highest BCUT2D eigenvalue weighted by Gasteiger charge is 2.20. The zero-order valence-electron chi connectivity index (χ0n) is 9.83. The Balaban J connectivity index is 2.96. The van der Waals surface area contributed by atoms with Gasteiger partial charge in [0.05, 0.1) is 6.04 Å². The minimum Gasteiger partial charge on any atom is -0.271 e.